The molecule has 1 N–H and O–H groups in total. The molecule has 1 fully saturated rings. The third kappa shape index (κ3) is 3.81. The topological polar surface area (TPSA) is 16.9 Å². The van der Waals surface area contributed by atoms with Gasteiger partial charge in [-0.25, -0.2) is 0 Å². The molecule has 22 heavy (non-hydrogen) atoms. The number of benzene rings is 2. The molecule has 0 unspecified atom stereocenters. The lowest BCUT2D eigenvalue weighted by molar-refractivity contribution is -0.914. The molecule has 0 radical (unpaired) electrons. The van der Waals surface area contributed by atoms with E-state index in [1.54, 1.807) is 12.0 Å². The number of ether oxygens (including phenoxy) is 1. The fourth-order valence-corrected chi connectivity index (χ4v) is 3.21. The zero-order valence-corrected chi connectivity index (χ0v) is 14.5. The van der Waals surface area contributed by atoms with Crippen LogP contribution in [0.1, 0.15) is 5.56 Å². The summed E-state index contributed by atoms with van der Waals surface area (Å²) in [6, 6.07) is 17.1. The second kappa shape index (κ2) is 7.16. The summed E-state index contributed by atoms with van der Waals surface area (Å²) in [4.78, 5) is 4.12. The maximum Gasteiger partial charge on any atom is 0.119 e. The molecule has 0 atom stereocenters. The molecular weight excluding hydrogens is 340 g/mol. The van der Waals surface area contributed by atoms with E-state index < -0.39 is 0 Å². The molecule has 0 aliphatic carbocycles. The lowest BCUT2D eigenvalue weighted by Gasteiger charge is -2.33. The summed E-state index contributed by atoms with van der Waals surface area (Å²) >= 11 is 3.49. The van der Waals surface area contributed by atoms with Crippen LogP contribution in [-0.4, -0.2) is 33.3 Å². The molecule has 1 saturated heterocycles. The van der Waals surface area contributed by atoms with Crippen molar-refractivity contribution in [2.45, 2.75) is 6.54 Å². The molecule has 3 nitrogen and oxygen atoms in total. The number of quaternary nitrogens is 1. The Hall–Kier alpha value is -1.52. The summed E-state index contributed by atoms with van der Waals surface area (Å²) < 4.78 is 6.37. The van der Waals surface area contributed by atoms with Gasteiger partial charge in [-0.15, -0.1) is 0 Å². The summed E-state index contributed by atoms with van der Waals surface area (Å²) in [7, 11) is 1.71. The maximum absolute atomic E-state index is 5.22. The molecule has 1 aliphatic heterocycles. The van der Waals surface area contributed by atoms with Crippen molar-refractivity contribution in [3.8, 4) is 5.75 Å². The number of hydrogen-bond donors (Lipinski definition) is 1. The maximum atomic E-state index is 5.22. The molecule has 3 rings (SSSR count). The van der Waals surface area contributed by atoms with Crippen molar-refractivity contribution >= 4 is 21.6 Å². The Morgan fingerprint density at radius 3 is 2.23 bits per heavy atom. The Bertz CT molecular complexity index is 589. The van der Waals surface area contributed by atoms with Gasteiger partial charge in [0, 0.05) is 15.7 Å². The second-order valence-corrected chi connectivity index (χ2v) is 6.65. The Morgan fingerprint density at radius 2 is 1.64 bits per heavy atom. The van der Waals surface area contributed by atoms with Crippen molar-refractivity contribution < 1.29 is 9.64 Å². The number of rotatable bonds is 4. The van der Waals surface area contributed by atoms with Crippen molar-refractivity contribution in [1.82, 2.24) is 0 Å². The van der Waals surface area contributed by atoms with Crippen molar-refractivity contribution in [2.75, 3.05) is 38.2 Å². The number of anilines is 1. The molecule has 1 heterocycles. The summed E-state index contributed by atoms with van der Waals surface area (Å²) in [6.45, 7) is 5.70. The van der Waals surface area contributed by atoms with Crippen LogP contribution in [0.5, 0.6) is 5.75 Å². The number of halogens is 1. The normalized spacial score (nSPS) is 15.8. The Kier molecular flexibility index (Phi) is 5.01. The highest BCUT2D eigenvalue weighted by molar-refractivity contribution is 9.10. The minimum Gasteiger partial charge on any atom is -0.497 e. The van der Waals surface area contributed by atoms with Gasteiger partial charge in [0.1, 0.15) is 12.3 Å². The quantitative estimate of drug-likeness (QED) is 0.900. The highest BCUT2D eigenvalue weighted by atomic mass is 79.9. The zero-order valence-electron chi connectivity index (χ0n) is 12.9. The largest absolute Gasteiger partial charge is 0.497 e. The van der Waals surface area contributed by atoms with E-state index in [1.165, 1.54) is 24.3 Å². The highest BCUT2D eigenvalue weighted by Gasteiger charge is 2.20. The molecule has 2 aromatic carbocycles. The average Bonchev–Trinajstić information content (AvgIpc) is 2.58. The van der Waals surface area contributed by atoms with E-state index in [2.05, 4.69) is 57.2 Å². The summed E-state index contributed by atoms with van der Waals surface area (Å²) in [5, 5.41) is 0. The standard InChI is InChI=1S/C18H21BrN2O/c1-22-18-8-6-17(7-9-18)21-12-10-20(11-13-21)14-15-2-4-16(19)5-3-15/h2-9H,10-14H2,1H3/p+1. The van der Waals surface area contributed by atoms with Crippen molar-refractivity contribution in [2.24, 2.45) is 0 Å². The van der Waals surface area contributed by atoms with Gasteiger partial charge >= 0.3 is 0 Å². The first kappa shape index (κ1) is 15.4. The van der Waals surface area contributed by atoms with Crippen LogP contribution in [0, 0.1) is 0 Å². The van der Waals surface area contributed by atoms with Crippen LogP contribution in [0.25, 0.3) is 0 Å². The van der Waals surface area contributed by atoms with Gasteiger partial charge in [-0.1, -0.05) is 28.1 Å². The number of nitrogens with one attached hydrogen (secondary N) is 1. The van der Waals surface area contributed by atoms with Crippen molar-refractivity contribution in [1.29, 1.82) is 0 Å². The minimum absolute atomic E-state index is 0.920. The molecule has 2 aromatic rings. The summed E-state index contributed by atoms with van der Waals surface area (Å²) in [6.07, 6.45) is 0. The van der Waals surface area contributed by atoms with Gasteiger partial charge in [-0.2, -0.15) is 0 Å². The van der Waals surface area contributed by atoms with Crippen LogP contribution in [0.2, 0.25) is 0 Å². The first-order valence-corrected chi connectivity index (χ1v) is 8.51. The fourth-order valence-electron chi connectivity index (χ4n) is 2.94. The van der Waals surface area contributed by atoms with Crippen LogP contribution in [0.15, 0.2) is 53.0 Å². The van der Waals surface area contributed by atoms with Gasteiger partial charge in [0.25, 0.3) is 0 Å². The molecule has 0 saturated carbocycles. The van der Waals surface area contributed by atoms with Crippen LogP contribution >= 0.6 is 15.9 Å². The van der Waals surface area contributed by atoms with Crippen LogP contribution < -0.4 is 14.5 Å². The number of nitrogens with zero attached hydrogens (tertiary/aromatic N) is 1. The molecule has 0 bridgehead atoms. The van der Waals surface area contributed by atoms with E-state index in [9.17, 15) is 0 Å². The predicted octanol–water partition coefficient (Wildman–Crippen LogP) is 2.36. The van der Waals surface area contributed by atoms with Gasteiger partial charge in [-0.05, 0) is 36.4 Å². The monoisotopic (exact) mass is 361 g/mol. The zero-order chi connectivity index (χ0) is 15.4. The lowest BCUT2D eigenvalue weighted by Crippen LogP contribution is -3.13. The first-order valence-electron chi connectivity index (χ1n) is 7.71. The van der Waals surface area contributed by atoms with Crippen molar-refractivity contribution in [3.63, 3.8) is 0 Å². The van der Waals surface area contributed by atoms with E-state index in [1.807, 2.05) is 12.1 Å². The molecule has 4 heteroatoms. The Balaban J connectivity index is 1.54. The number of methoxy groups -OCH3 is 1. The van der Waals surface area contributed by atoms with Gasteiger partial charge in [0.15, 0.2) is 0 Å². The van der Waals surface area contributed by atoms with Crippen LogP contribution in [0.4, 0.5) is 5.69 Å². The van der Waals surface area contributed by atoms with Gasteiger partial charge in [0.2, 0.25) is 0 Å². The van der Waals surface area contributed by atoms with Crippen LogP contribution in [0.3, 0.4) is 0 Å². The van der Waals surface area contributed by atoms with Gasteiger partial charge < -0.3 is 14.5 Å². The van der Waals surface area contributed by atoms with E-state index in [0.717, 1.165) is 29.9 Å². The predicted molar refractivity (Wildman–Crippen MR) is 93.7 cm³/mol. The van der Waals surface area contributed by atoms with Gasteiger partial charge in [0.05, 0.1) is 33.3 Å². The van der Waals surface area contributed by atoms with Gasteiger partial charge in [-0.3, -0.25) is 0 Å². The van der Waals surface area contributed by atoms with Crippen molar-refractivity contribution in [3.05, 3.63) is 58.6 Å². The number of piperazine rings is 1. The van der Waals surface area contributed by atoms with E-state index in [4.69, 9.17) is 4.74 Å². The summed E-state index contributed by atoms with van der Waals surface area (Å²) in [5.74, 6) is 0.920. The Labute approximate surface area is 140 Å². The fraction of sp³-hybridized carbons (Fsp3) is 0.333. The smallest absolute Gasteiger partial charge is 0.119 e. The number of hydrogen-bond acceptors (Lipinski definition) is 2. The third-order valence-corrected chi connectivity index (χ3v) is 4.80. The molecule has 1 aliphatic rings. The molecular formula is C18H22BrN2O+. The first-order chi connectivity index (χ1) is 10.7. The van der Waals surface area contributed by atoms with Crippen LogP contribution in [-0.2, 0) is 6.54 Å². The Morgan fingerprint density at radius 1 is 1.00 bits per heavy atom. The molecule has 0 amide bonds. The van der Waals surface area contributed by atoms with E-state index in [0.29, 0.717) is 0 Å². The summed E-state index contributed by atoms with van der Waals surface area (Å²) in [5.41, 5.74) is 2.71. The molecule has 116 valence electrons. The third-order valence-electron chi connectivity index (χ3n) is 4.28. The lowest BCUT2D eigenvalue weighted by atomic mass is 10.2. The molecule has 0 spiro atoms. The van der Waals surface area contributed by atoms with E-state index >= 15 is 0 Å². The SMILES string of the molecule is COc1ccc(N2CC[NH+](Cc3ccc(Br)cc3)CC2)cc1. The average molecular weight is 362 g/mol. The minimum atomic E-state index is 0.920. The van der Waals surface area contributed by atoms with E-state index in [-0.39, 0.29) is 0 Å². The highest BCUT2D eigenvalue weighted by Crippen LogP contribution is 2.19. The molecule has 0 aromatic heterocycles. The second-order valence-electron chi connectivity index (χ2n) is 5.74.